The molecule has 0 atom stereocenters. The number of carboxylic acids is 2. The summed E-state index contributed by atoms with van der Waals surface area (Å²) in [5.74, 6) is -1.12. The number of hydrogen-bond acceptors (Lipinski definition) is 5. The number of ether oxygens (including phenoxy) is 2. The van der Waals surface area contributed by atoms with Crippen LogP contribution in [-0.2, 0) is 11.3 Å². The standard InChI is InChI=1S/C24H27NO6/c1-15-10-19(21(24(28)29)12-18(15)23(26)27)20-11-17(13-25-6-8-30-9-7-25)4-5-22(20)31-14-16-2-3-16/h4-5,10-12,16H,2-3,6-9,13-14H2,1H3,(H,26,27)(H,28,29). The molecule has 1 aliphatic heterocycles. The Morgan fingerprint density at radius 1 is 1.03 bits per heavy atom. The van der Waals surface area contributed by atoms with Gasteiger partial charge in [0.15, 0.2) is 0 Å². The lowest BCUT2D eigenvalue weighted by Gasteiger charge is -2.27. The molecule has 2 fully saturated rings. The molecule has 0 bridgehead atoms. The fourth-order valence-electron chi connectivity index (χ4n) is 3.86. The average molecular weight is 425 g/mol. The number of hydrogen-bond donors (Lipinski definition) is 2. The van der Waals surface area contributed by atoms with Gasteiger partial charge in [-0.2, -0.15) is 0 Å². The molecular weight excluding hydrogens is 398 g/mol. The van der Waals surface area contributed by atoms with Gasteiger partial charge in [0.25, 0.3) is 0 Å². The van der Waals surface area contributed by atoms with Gasteiger partial charge in [0.05, 0.1) is 30.9 Å². The summed E-state index contributed by atoms with van der Waals surface area (Å²) >= 11 is 0. The summed E-state index contributed by atoms with van der Waals surface area (Å²) in [6.07, 6.45) is 2.30. The van der Waals surface area contributed by atoms with Gasteiger partial charge in [0.2, 0.25) is 0 Å². The van der Waals surface area contributed by atoms with Crippen LogP contribution in [-0.4, -0.2) is 60.0 Å². The van der Waals surface area contributed by atoms with Crippen LogP contribution in [0.25, 0.3) is 11.1 Å². The molecule has 1 saturated heterocycles. The number of aryl methyl sites for hydroxylation is 1. The Bertz CT molecular complexity index is 992. The molecule has 2 aromatic carbocycles. The summed E-state index contributed by atoms with van der Waals surface area (Å²) in [7, 11) is 0. The van der Waals surface area contributed by atoms with Crippen LogP contribution < -0.4 is 4.74 Å². The van der Waals surface area contributed by atoms with Gasteiger partial charge < -0.3 is 19.7 Å². The highest BCUT2D eigenvalue weighted by atomic mass is 16.5. The van der Waals surface area contributed by atoms with E-state index in [0.717, 1.165) is 38.0 Å². The van der Waals surface area contributed by atoms with Crippen molar-refractivity contribution in [3.05, 3.63) is 52.6 Å². The van der Waals surface area contributed by atoms with Gasteiger partial charge in [-0.25, -0.2) is 9.59 Å². The van der Waals surface area contributed by atoms with Crippen molar-refractivity contribution < 1.29 is 29.3 Å². The second kappa shape index (κ2) is 9.08. The van der Waals surface area contributed by atoms with E-state index < -0.39 is 11.9 Å². The lowest BCUT2D eigenvalue weighted by molar-refractivity contribution is 0.0342. The largest absolute Gasteiger partial charge is 0.493 e. The highest BCUT2D eigenvalue weighted by Crippen LogP contribution is 2.37. The predicted molar refractivity (Wildman–Crippen MR) is 115 cm³/mol. The molecule has 31 heavy (non-hydrogen) atoms. The van der Waals surface area contributed by atoms with Crippen molar-refractivity contribution in [3.63, 3.8) is 0 Å². The first-order valence-corrected chi connectivity index (χ1v) is 10.6. The molecule has 164 valence electrons. The summed E-state index contributed by atoms with van der Waals surface area (Å²) in [6.45, 7) is 6.12. The molecule has 7 heteroatoms. The number of carbonyl (C=O) groups is 2. The Balaban J connectivity index is 1.76. The third kappa shape index (κ3) is 5.06. The fourth-order valence-corrected chi connectivity index (χ4v) is 3.86. The van der Waals surface area contributed by atoms with Crippen molar-refractivity contribution in [1.82, 2.24) is 4.90 Å². The van der Waals surface area contributed by atoms with Gasteiger partial charge in [-0.05, 0) is 61.1 Å². The topological polar surface area (TPSA) is 96.3 Å². The third-order valence-electron chi connectivity index (χ3n) is 5.84. The van der Waals surface area contributed by atoms with E-state index in [1.54, 1.807) is 13.0 Å². The van der Waals surface area contributed by atoms with Gasteiger partial charge in [-0.15, -0.1) is 0 Å². The molecule has 0 spiro atoms. The molecule has 2 aromatic rings. The number of nitrogens with zero attached hydrogens (tertiary/aromatic N) is 1. The van der Waals surface area contributed by atoms with Gasteiger partial charge in [0, 0.05) is 30.8 Å². The first kappa shape index (κ1) is 21.3. The molecule has 2 N–H and O–H groups in total. The average Bonchev–Trinajstić information content (AvgIpc) is 3.57. The van der Waals surface area contributed by atoms with E-state index in [9.17, 15) is 19.8 Å². The molecule has 1 saturated carbocycles. The number of benzene rings is 2. The Morgan fingerprint density at radius 2 is 1.74 bits per heavy atom. The van der Waals surface area contributed by atoms with E-state index >= 15 is 0 Å². The number of rotatable bonds is 8. The molecule has 1 heterocycles. The highest BCUT2D eigenvalue weighted by molar-refractivity contribution is 6.01. The SMILES string of the molecule is Cc1cc(-c2cc(CN3CCOCC3)ccc2OCC2CC2)c(C(=O)O)cc1C(=O)O. The van der Waals surface area contributed by atoms with Crippen LogP contribution in [0.15, 0.2) is 30.3 Å². The lowest BCUT2D eigenvalue weighted by Crippen LogP contribution is -2.35. The summed E-state index contributed by atoms with van der Waals surface area (Å²) in [6, 6.07) is 8.78. The Labute approximate surface area is 181 Å². The van der Waals surface area contributed by atoms with Crippen LogP contribution >= 0.6 is 0 Å². The normalized spacial score (nSPS) is 16.8. The van der Waals surface area contributed by atoms with E-state index in [4.69, 9.17) is 9.47 Å². The maximum Gasteiger partial charge on any atom is 0.336 e. The minimum Gasteiger partial charge on any atom is -0.493 e. The molecule has 2 aliphatic rings. The van der Waals surface area contributed by atoms with Crippen molar-refractivity contribution >= 4 is 11.9 Å². The van der Waals surface area contributed by atoms with Crippen LogP contribution in [0.1, 0.15) is 44.7 Å². The molecule has 4 rings (SSSR count). The first-order chi connectivity index (χ1) is 14.9. The Kier molecular flexibility index (Phi) is 6.25. The van der Waals surface area contributed by atoms with Gasteiger partial charge in [-0.1, -0.05) is 6.07 Å². The Hall–Kier alpha value is -2.90. The molecule has 7 nitrogen and oxygen atoms in total. The van der Waals surface area contributed by atoms with E-state index in [1.165, 1.54) is 6.07 Å². The number of carboxylic acid groups (broad SMARTS) is 2. The summed E-state index contributed by atoms with van der Waals surface area (Å²) in [5, 5.41) is 19.3. The zero-order valence-corrected chi connectivity index (χ0v) is 17.6. The molecule has 0 radical (unpaired) electrons. The molecule has 0 amide bonds. The van der Waals surface area contributed by atoms with Crippen molar-refractivity contribution in [2.45, 2.75) is 26.3 Å². The van der Waals surface area contributed by atoms with Crippen LogP contribution in [0.5, 0.6) is 5.75 Å². The van der Waals surface area contributed by atoms with Crippen LogP contribution in [0.3, 0.4) is 0 Å². The third-order valence-corrected chi connectivity index (χ3v) is 5.84. The lowest BCUT2D eigenvalue weighted by atomic mass is 9.92. The van der Waals surface area contributed by atoms with E-state index in [1.807, 2.05) is 18.2 Å². The zero-order chi connectivity index (χ0) is 22.0. The smallest absolute Gasteiger partial charge is 0.336 e. The monoisotopic (exact) mass is 425 g/mol. The highest BCUT2D eigenvalue weighted by Gasteiger charge is 2.24. The second-order valence-electron chi connectivity index (χ2n) is 8.30. The van der Waals surface area contributed by atoms with Gasteiger partial charge in [-0.3, -0.25) is 4.90 Å². The minimum absolute atomic E-state index is 0.00827. The minimum atomic E-state index is -1.16. The van der Waals surface area contributed by atoms with Gasteiger partial charge in [0.1, 0.15) is 5.75 Å². The van der Waals surface area contributed by atoms with Crippen LogP contribution in [0.2, 0.25) is 0 Å². The van der Waals surface area contributed by atoms with E-state index in [-0.39, 0.29) is 11.1 Å². The zero-order valence-electron chi connectivity index (χ0n) is 17.6. The second-order valence-corrected chi connectivity index (χ2v) is 8.30. The summed E-state index contributed by atoms with van der Waals surface area (Å²) in [4.78, 5) is 25.8. The Morgan fingerprint density at radius 3 is 2.39 bits per heavy atom. The number of morpholine rings is 1. The molecule has 0 aromatic heterocycles. The van der Waals surface area contributed by atoms with Crippen molar-refractivity contribution in [3.8, 4) is 16.9 Å². The first-order valence-electron chi connectivity index (χ1n) is 10.6. The van der Waals surface area contributed by atoms with Crippen LogP contribution in [0, 0.1) is 12.8 Å². The van der Waals surface area contributed by atoms with Crippen LogP contribution in [0.4, 0.5) is 0 Å². The van der Waals surface area contributed by atoms with Crippen molar-refractivity contribution in [2.75, 3.05) is 32.9 Å². The maximum absolute atomic E-state index is 12.0. The van der Waals surface area contributed by atoms with Crippen molar-refractivity contribution in [2.24, 2.45) is 5.92 Å². The molecular formula is C24H27NO6. The van der Waals surface area contributed by atoms with E-state index in [0.29, 0.717) is 48.2 Å². The summed E-state index contributed by atoms with van der Waals surface area (Å²) in [5.41, 5.74) is 2.67. The summed E-state index contributed by atoms with van der Waals surface area (Å²) < 4.78 is 11.5. The maximum atomic E-state index is 12.0. The van der Waals surface area contributed by atoms with Crippen molar-refractivity contribution in [1.29, 1.82) is 0 Å². The predicted octanol–water partition coefficient (Wildman–Crippen LogP) is 3.68. The number of aromatic carboxylic acids is 2. The fraction of sp³-hybridized carbons (Fsp3) is 0.417. The molecule has 0 unspecified atom stereocenters. The van der Waals surface area contributed by atoms with E-state index in [2.05, 4.69) is 4.90 Å². The quantitative estimate of drug-likeness (QED) is 0.666. The van der Waals surface area contributed by atoms with Gasteiger partial charge >= 0.3 is 11.9 Å². The molecule has 1 aliphatic carbocycles.